The van der Waals surface area contributed by atoms with Gasteiger partial charge in [0.1, 0.15) is 0 Å². The Hall–Kier alpha value is -1.15. The van der Waals surface area contributed by atoms with E-state index < -0.39 is 10.0 Å². The Kier molecular flexibility index (Phi) is 5.59. The third kappa shape index (κ3) is 3.31. The molecule has 6 nitrogen and oxygen atoms in total. The summed E-state index contributed by atoms with van der Waals surface area (Å²) in [6.45, 7) is 4.98. The smallest absolute Gasteiger partial charge is 0.243 e. The fraction of sp³-hybridized carbons (Fsp3) is 0.562. The maximum Gasteiger partial charge on any atom is 0.243 e. The molecule has 3 rings (SSSR count). The minimum Gasteiger partial charge on any atom is -0.327 e. The van der Waals surface area contributed by atoms with Crippen LogP contribution in [0.4, 0.5) is 5.69 Å². The van der Waals surface area contributed by atoms with E-state index in [9.17, 15) is 13.2 Å². The van der Waals surface area contributed by atoms with E-state index >= 15 is 0 Å². The number of sulfonamides is 1. The molecule has 2 aliphatic heterocycles. The zero-order valence-corrected chi connectivity index (χ0v) is 15.6. The molecule has 8 heteroatoms. The van der Waals surface area contributed by atoms with Gasteiger partial charge in [0.05, 0.1) is 4.90 Å². The molecule has 2 heterocycles. The second-order valence-electron chi connectivity index (χ2n) is 6.50. The molecule has 0 saturated carbocycles. The number of hydrogen-bond acceptors (Lipinski definition) is 4. The summed E-state index contributed by atoms with van der Waals surface area (Å²) in [5, 5.41) is 0. The Morgan fingerprint density at radius 3 is 2.62 bits per heavy atom. The van der Waals surface area contributed by atoms with Crippen LogP contribution in [0.2, 0.25) is 0 Å². The molecular weight excluding hydrogens is 350 g/mol. The number of carbonyl (C=O) groups excluding carboxylic acids is 1. The monoisotopic (exact) mass is 373 g/mol. The Balaban J connectivity index is 0.00000208. The van der Waals surface area contributed by atoms with Gasteiger partial charge < -0.3 is 10.6 Å². The van der Waals surface area contributed by atoms with Crippen LogP contribution in [0.3, 0.4) is 0 Å². The van der Waals surface area contributed by atoms with E-state index in [0.717, 1.165) is 17.7 Å². The number of amides is 1. The first-order valence-electron chi connectivity index (χ1n) is 7.97. The number of nitrogens with two attached hydrogens (primary N) is 1. The molecule has 0 radical (unpaired) electrons. The summed E-state index contributed by atoms with van der Waals surface area (Å²) in [7, 11) is -3.55. The molecular formula is C16H24ClN3O3S. The SMILES string of the molecule is CC(=O)N1CCc2ccc(S(=O)(=O)N3CCC(N)C(C)C3)cc21.Cl. The van der Waals surface area contributed by atoms with Crippen LogP contribution in [0, 0.1) is 5.92 Å². The highest BCUT2D eigenvalue weighted by atomic mass is 35.5. The van der Waals surface area contributed by atoms with Crippen molar-refractivity contribution in [1.82, 2.24) is 4.31 Å². The predicted molar refractivity (Wildman–Crippen MR) is 95.9 cm³/mol. The van der Waals surface area contributed by atoms with Gasteiger partial charge in [-0.15, -0.1) is 12.4 Å². The molecule has 1 aromatic rings. The molecule has 134 valence electrons. The Bertz CT molecular complexity index is 738. The lowest BCUT2D eigenvalue weighted by atomic mass is 9.96. The van der Waals surface area contributed by atoms with E-state index in [1.807, 2.05) is 13.0 Å². The van der Waals surface area contributed by atoms with Gasteiger partial charge in [-0.1, -0.05) is 13.0 Å². The first-order valence-corrected chi connectivity index (χ1v) is 9.41. The fourth-order valence-electron chi connectivity index (χ4n) is 3.34. The lowest BCUT2D eigenvalue weighted by Crippen LogP contribution is -2.48. The second-order valence-corrected chi connectivity index (χ2v) is 8.44. The fourth-order valence-corrected chi connectivity index (χ4v) is 4.92. The molecule has 0 aliphatic carbocycles. The normalized spacial score (nSPS) is 24.4. The summed E-state index contributed by atoms with van der Waals surface area (Å²) >= 11 is 0. The van der Waals surface area contributed by atoms with Crippen molar-refractivity contribution in [2.24, 2.45) is 11.7 Å². The lowest BCUT2D eigenvalue weighted by Gasteiger charge is -2.34. The van der Waals surface area contributed by atoms with Gasteiger partial charge in [0.25, 0.3) is 0 Å². The molecule has 2 aliphatic rings. The highest BCUT2D eigenvalue weighted by molar-refractivity contribution is 7.89. The summed E-state index contributed by atoms with van der Waals surface area (Å²) < 4.78 is 27.3. The minimum absolute atomic E-state index is 0. The molecule has 0 aromatic heterocycles. The number of anilines is 1. The van der Waals surface area contributed by atoms with Crippen LogP contribution in [0.15, 0.2) is 23.1 Å². The Morgan fingerprint density at radius 2 is 2.00 bits per heavy atom. The predicted octanol–water partition coefficient (Wildman–Crippen LogP) is 1.38. The Labute approximate surface area is 149 Å². The van der Waals surface area contributed by atoms with Gasteiger partial charge in [0.2, 0.25) is 15.9 Å². The topological polar surface area (TPSA) is 83.7 Å². The van der Waals surface area contributed by atoms with Crippen LogP contribution in [-0.2, 0) is 21.2 Å². The standard InChI is InChI=1S/C16H23N3O3S.ClH/c1-11-10-18(7-6-15(11)17)23(21,22)14-4-3-13-5-8-19(12(2)20)16(13)9-14;/h3-4,9,11,15H,5-8,10,17H2,1-2H3;1H. The number of nitrogens with zero attached hydrogens (tertiary/aromatic N) is 2. The van der Waals surface area contributed by atoms with Gasteiger partial charge >= 0.3 is 0 Å². The summed E-state index contributed by atoms with van der Waals surface area (Å²) in [5.74, 6) is 0.0811. The van der Waals surface area contributed by atoms with Gasteiger partial charge in [-0.2, -0.15) is 4.31 Å². The largest absolute Gasteiger partial charge is 0.327 e. The molecule has 0 spiro atoms. The molecule has 1 amide bonds. The van der Waals surface area contributed by atoms with Crippen molar-refractivity contribution < 1.29 is 13.2 Å². The number of fused-ring (bicyclic) bond motifs is 1. The van der Waals surface area contributed by atoms with E-state index in [0.29, 0.717) is 26.1 Å². The van der Waals surface area contributed by atoms with Crippen LogP contribution in [-0.4, -0.2) is 44.3 Å². The number of rotatable bonds is 2. The van der Waals surface area contributed by atoms with E-state index in [1.165, 1.54) is 11.2 Å². The van der Waals surface area contributed by atoms with E-state index in [1.54, 1.807) is 17.0 Å². The van der Waals surface area contributed by atoms with Crippen LogP contribution < -0.4 is 10.6 Å². The Morgan fingerprint density at radius 1 is 1.29 bits per heavy atom. The van der Waals surface area contributed by atoms with Gasteiger partial charge in [-0.05, 0) is 36.5 Å². The molecule has 0 bridgehead atoms. The van der Waals surface area contributed by atoms with Crippen molar-refractivity contribution in [3.63, 3.8) is 0 Å². The highest BCUT2D eigenvalue weighted by Gasteiger charge is 2.33. The molecule has 2 N–H and O–H groups in total. The summed E-state index contributed by atoms with van der Waals surface area (Å²) in [4.78, 5) is 13.6. The van der Waals surface area contributed by atoms with Crippen LogP contribution >= 0.6 is 12.4 Å². The average molecular weight is 374 g/mol. The van der Waals surface area contributed by atoms with Crippen molar-refractivity contribution in [2.75, 3.05) is 24.5 Å². The number of carbonyl (C=O) groups is 1. The van der Waals surface area contributed by atoms with E-state index in [2.05, 4.69) is 0 Å². The van der Waals surface area contributed by atoms with Crippen molar-refractivity contribution >= 4 is 34.0 Å². The minimum atomic E-state index is -3.55. The first kappa shape index (κ1) is 19.2. The van der Waals surface area contributed by atoms with Crippen molar-refractivity contribution in [3.8, 4) is 0 Å². The number of benzene rings is 1. The van der Waals surface area contributed by atoms with Crippen LogP contribution in [0.25, 0.3) is 0 Å². The zero-order valence-electron chi connectivity index (χ0n) is 13.9. The summed E-state index contributed by atoms with van der Waals surface area (Å²) in [6, 6.07) is 5.16. The quantitative estimate of drug-likeness (QED) is 0.848. The lowest BCUT2D eigenvalue weighted by molar-refractivity contribution is -0.116. The number of piperidine rings is 1. The first-order chi connectivity index (χ1) is 10.8. The van der Waals surface area contributed by atoms with Gasteiger partial charge in [-0.3, -0.25) is 4.79 Å². The average Bonchev–Trinajstić information content (AvgIpc) is 2.93. The summed E-state index contributed by atoms with van der Waals surface area (Å²) in [6.07, 6.45) is 1.44. The molecule has 1 fully saturated rings. The molecule has 1 saturated heterocycles. The van der Waals surface area contributed by atoms with Gasteiger partial charge in [0.15, 0.2) is 0 Å². The number of hydrogen-bond donors (Lipinski definition) is 1. The number of halogens is 1. The zero-order chi connectivity index (χ0) is 16.8. The third-order valence-corrected chi connectivity index (χ3v) is 6.77. The maximum atomic E-state index is 12.9. The highest BCUT2D eigenvalue weighted by Crippen LogP contribution is 2.32. The van der Waals surface area contributed by atoms with Crippen molar-refractivity contribution in [2.45, 2.75) is 37.6 Å². The van der Waals surface area contributed by atoms with E-state index in [-0.39, 0.29) is 35.2 Å². The van der Waals surface area contributed by atoms with Crippen molar-refractivity contribution in [1.29, 1.82) is 0 Å². The second kappa shape index (κ2) is 7.00. The van der Waals surface area contributed by atoms with Gasteiger partial charge in [-0.25, -0.2) is 8.42 Å². The molecule has 1 aromatic carbocycles. The molecule has 2 unspecified atom stereocenters. The van der Waals surface area contributed by atoms with Crippen LogP contribution in [0.5, 0.6) is 0 Å². The van der Waals surface area contributed by atoms with Crippen molar-refractivity contribution in [3.05, 3.63) is 23.8 Å². The van der Waals surface area contributed by atoms with Crippen LogP contribution in [0.1, 0.15) is 25.8 Å². The summed E-state index contributed by atoms with van der Waals surface area (Å²) in [5.41, 5.74) is 7.73. The molecule has 24 heavy (non-hydrogen) atoms. The molecule has 2 atom stereocenters. The van der Waals surface area contributed by atoms with Gasteiger partial charge in [0, 0.05) is 38.3 Å². The van der Waals surface area contributed by atoms with E-state index in [4.69, 9.17) is 5.73 Å². The maximum absolute atomic E-state index is 12.9. The third-order valence-electron chi connectivity index (χ3n) is 4.90.